The Bertz CT molecular complexity index is 499. The molecule has 0 N–H and O–H groups in total. The first-order valence-electron chi connectivity index (χ1n) is 6.17. The average Bonchev–Trinajstić information content (AvgIpc) is 2.32. The first-order chi connectivity index (χ1) is 8.63. The molecule has 0 saturated heterocycles. The summed E-state index contributed by atoms with van der Waals surface area (Å²) in [4.78, 5) is 23.3. The molecule has 0 radical (unpaired) electrons. The highest BCUT2D eigenvalue weighted by Crippen LogP contribution is 2.27. The maximum atomic E-state index is 11.7. The number of hydrogen-bond donors (Lipinski definition) is 0. The smallest absolute Gasteiger partial charge is 0.205 e. The molecule has 2 nitrogen and oxygen atoms in total. The molecule has 0 saturated carbocycles. The van der Waals surface area contributed by atoms with Crippen LogP contribution in [0.3, 0.4) is 0 Å². The zero-order valence-corrected chi connectivity index (χ0v) is 12.8. The minimum absolute atomic E-state index is 0.0358. The monoisotopic (exact) mass is 278 g/mol. The third-order valence-corrected chi connectivity index (χ3v) is 2.74. The molecule has 19 heavy (non-hydrogen) atoms. The number of fused-ring (bicyclic) bond motifs is 1. The first-order valence-corrected chi connectivity index (χ1v) is 6.55. The molecule has 0 aliphatic heterocycles. The SMILES string of the molecule is CC(C)(C)C.CC1=C(Cl)C(=O)c2ccccc2C1=O. The highest BCUT2D eigenvalue weighted by molar-refractivity contribution is 6.49. The first kappa shape index (κ1) is 15.6. The second kappa shape index (κ2) is 5.70. The number of halogens is 1. The van der Waals surface area contributed by atoms with E-state index in [9.17, 15) is 9.59 Å². The van der Waals surface area contributed by atoms with Gasteiger partial charge in [0.1, 0.15) is 0 Å². The van der Waals surface area contributed by atoms with Crippen LogP contribution in [0.4, 0.5) is 0 Å². The molecule has 0 aromatic heterocycles. The molecule has 1 aromatic carbocycles. The second-order valence-corrected chi connectivity index (χ2v) is 6.52. The van der Waals surface area contributed by atoms with Gasteiger partial charge in [-0.15, -0.1) is 0 Å². The van der Waals surface area contributed by atoms with Crippen molar-refractivity contribution in [3.63, 3.8) is 0 Å². The average molecular weight is 279 g/mol. The topological polar surface area (TPSA) is 34.1 Å². The van der Waals surface area contributed by atoms with E-state index in [1.165, 1.54) is 0 Å². The number of hydrogen-bond acceptors (Lipinski definition) is 2. The molecule has 1 aliphatic carbocycles. The number of ketones is 2. The van der Waals surface area contributed by atoms with Crippen molar-refractivity contribution in [2.45, 2.75) is 34.6 Å². The molecule has 0 fully saturated rings. The highest BCUT2D eigenvalue weighted by Gasteiger charge is 2.28. The van der Waals surface area contributed by atoms with E-state index in [0.29, 0.717) is 22.1 Å². The van der Waals surface area contributed by atoms with Gasteiger partial charge in [0.05, 0.1) is 5.03 Å². The van der Waals surface area contributed by atoms with Gasteiger partial charge in [-0.1, -0.05) is 63.6 Å². The van der Waals surface area contributed by atoms with E-state index < -0.39 is 0 Å². The fraction of sp³-hybridized carbons (Fsp3) is 0.375. The van der Waals surface area contributed by atoms with Gasteiger partial charge in [0.2, 0.25) is 5.78 Å². The quantitative estimate of drug-likeness (QED) is 0.693. The van der Waals surface area contributed by atoms with E-state index in [1.807, 2.05) is 0 Å². The predicted molar refractivity (Wildman–Crippen MR) is 78.8 cm³/mol. The predicted octanol–water partition coefficient (Wildman–Crippen LogP) is 4.63. The molecule has 0 bridgehead atoms. The van der Waals surface area contributed by atoms with E-state index in [2.05, 4.69) is 27.7 Å². The maximum absolute atomic E-state index is 11.7. The van der Waals surface area contributed by atoms with Gasteiger partial charge in [0.15, 0.2) is 5.78 Å². The third-order valence-electron chi connectivity index (χ3n) is 2.29. The summed E-state index contributed by atoms with van der Waals surface area (Å²) in [6.45, 7) is 10.3. The third kappa shape index (κ3) is 4.03. The lowest BCUT2D eigenvalue weighted by Gasteiger charge is -2.14. The van der Waals surface area contributed by atoms with Crippen LogP contribution >= 0.6 is 11.6 Å². The summed E-state index contributed by atoms with van der Waals surface area (Å²) in [5.41, 5.74) is 1.67. The lowest BCUT2D eigenvalue weighted by Crippen LogP contribution is -2.18. The summed E-state index contributed by atoms with van der Waals surface area (Å²) < 4.78 is 0. The summed E-state index contributed by atoms with van der Waals surface area (Å²) in [6.07, 6.45) is 0. The number of Topliss-reactive ketones (excluding diaryl/α,β-unsaturated/α-hetero) is 2. The van der Waals surface area contributed by atoms with E-state index in [1.54, 1.807) is 31.2 Å². The minimum atomic E-state index is -0.264. The molecule has 102 valence electrons. The van der Waals surface area contributed by atoms with Gasteiger partial charge < -0.3 is 0 Å². The van der Waals surface area contributed by atoms with Crippen LogP contribution in [0, 0.1) is 5.41 Å². The Morgan fingerprint density at radius 3 is 1.68 bits per heavy atom. The molecule has 0 heterocycles. The number of carbonyl (C=O) groups excluding carboxylic acids is 2. The van der Waals surface area contributed by atoms with Crippen molar-refractivity contribution in [3.05, 3.63) is 46.0 Å². The Labute approximate surface area is 119 Å². The number of carbonyl (C=O) groups is 2. The van der Waals surface area contributed by atoms with Crippen LogP contribution in [0.15, 0.2) is 34.9 Å². The summed E-state index contributed by atoms with van der Waals surface area (Å²) >= 11 is 5.75. The zero-order chi connectivity index (χ0) is 14.8. The van der Waals surface area contributed by atoms with Crippen molar-refractivity contribution in [2.75, 3.05) is 0 Å². The van der Waals surface area contributed by atoms with Gasteiger partial charge in [-0.25, -0.2) is 0 Å². The van der Waals surface area contributed by atoms with Crippen LogP contribution in [-0.4, -0.2) is 11.6 Å². The van der Waals surface area contributed by atoms with Crippen molar-refractivity contribution in [1.82, 2.24) is 0 Å². The van der Waals surface area contributed by atoms with Crippen molar-refractivity contribution >= 4 is 23.2 Å². The lowest BCUT2D eigenvalue weighted by atomic mass is 9.90. The molecule has 1 aliphatic rings. The Balaban J connectivity index is 0.000000312. The Morgan fingerprint density at radius 1 is 0.895 bits per heavy atom. The Hall–Kier alpha value is -1.41. The molecule has 0 atom stereocenters. The van der Waals surface area contributed by atoms with Crippen molar-refractivity contribution < 1.29 is 9.59 Å². The summed E-state index contributed by atoms with van der Waals surface area (Å²) in [7, 11) is 0. The zero-order valence-electron chi connectivity index (χ0n) is 12.0. The Morgan fingerprint density at radius 2 is 1.26 bits per heavy atom. The molecular formula is C16H19ClO2. The van der Waals surface area contributed by atoms with Gasteiger partial charge >= 0.3 is 0 Å². The summed E-state index contributed by atoms with van der Waals surface area (Å²) in [6, 6.07) is 6.71. The van der Waals surface area contributed by atoms with Gasteiger partial charge in [0.25, 0.3) is 0 Å². The molecule has 2 rings (SSSR count). The largest absolute Gasteiger partial charge is 0.289 e. The van der Waals surface area contributed by atoms with E-state index in [4.69, 9.17) is 11.6 Å². The number of allylic oxidation sites excluding steroid dienone is 2. The summed E-state index contributed by atoms with van der Waals surface area (Å²) in [5.74, 6) is -0.426. The van der Waals surface area contributed by atoms with Gasteiger partial charge in [-0.3, -0.25) is 9.59 Å². The van der Waals surface area contributed by atoms with E-state index >= 15 is 0 Å². The molecule has 0 spiro atoms. The molecule has 3 heteroatoms. The van der Waals surface area contributed by atoms with Crippen molar-refractivity contribution in [1.29, 1.82) is 0 Å². The van der Waals surface area contributed by atoms with E-state index in [-0.39, 0.29) is 16.6 Å². The summed E-state index contributed by atoms with van der Waals surface area (Å²) in [5, 5.41) is 0.0358. The second-order valence-electron chi connectivity index (χ2n) is 6.14. The standard InChI is InChI=1S/C11H7ClO2.C5H12/c1-6-9(12)11(14)8-5-3-2-4-7(8)10(6)13;1-5(2,3)4/h2-5H,1H3;1-4H3. The van der Waals surface area contributed by atoms with Crippen LogP contribution in [0.2, 0.25) is 0 Å². The Kier molecular flexibility index (Phi) is 4.70. The minimum Gasteiger partial charge on any atom is -0.289 e. The maximum Gasteiger partial charge on any atom is 0.205 e. The van der Waals surface area contributed by atoms with Crippen LogP contribution in [0.5, 0.6) is 0 Å². The van der Waals surface area contributed by atoms with Gasteiger partial charge in [-0.2, -0.15) is 0 Å². The van der Waals surface area contributed by atoms with Crippen LogP contribution < -0.4 is 0 Å². The fourth-order valence-corrected chi connectivity index (χ4v) is 1.66. The van der Waals surface area contributed by atoms with Crippen LogP contribution in [0.25, 0.3) is 0 Å². The van der Waals surface area contributed by atoms with Gasteiger partial charge in [0, 0.05) is 16.7 Å². The van der Waals surface area contributed by atoms with Crippen molar-refractivity contribution in [2.24, 2.45) is 5.41 Å². The normalized spacial score (nSPS) is 14.8. The van der Waals surface area contributed by atoms with E-state index in [0.717, 1.165) is 0 Å². The molecular weight excluding hydrogens is 260 g/mol. The lowest BCUT2D eigenvalue weighted by molar-refractivity contribution is 0.0981. The van der Waals surface area contributed by atoms with Crippen molar-refractivity contribution in [3.8, 4) is 0 Å². The van der Waals surface area contributed by atoms with Gasteiger partial charge in [-0.05, 0) is 12.3 Å². The van der Waals surface area contributed by atoms with Crippen LogP contribution in [-0.2, 0) is 0 Å². The molecule has 0 unspecified atom stereocenters. The van der Waals surface area contributed by atoms with Crippen LogP contribution in [0.1, 0.15) is 55.3 Å². The number of rotatable bonds is 0. The number of benzene rings is 1. The molecule has 0 amide bonds. The highest BCUT2D eigenvalue weighted by atomic mass is 35.5. The fourth-order valence-electron chi connectivity index (χ4n) is 1.47. The molecule has 1 aromatic rings.